The summed E-state index contributed by atoms with van der Waals surface area (Å²) in [6.45, 7) is 4.23. The number of hydrogen-bond donors (Lipinski definition) is 1. The summed E-state index contributed by atoms with van der Waals surface area (Å²) in [5.41, 5.74) is -0.598. The fraction of sp³-hybridized carbons (Fsp3) is 0.929. The molecule has 0 bridgehead atoms. The van der Waals surface area contributed by atoms with Crippen molar-refractivity contribution in [1.29, 1.82) is 0 Å². The molecule has 2 rings (SSSR count). The molecule has 0 aromatic heterocycles. The molecule has 0 aromatic rings. The van der Waals surface area contributed by atoms with Gasteiger partial charge < -0.3 is 14.2 Å². The quantitative estimate of drug-likeness (QED) is 0.763. The number of esters is 1. The van der Waals surface area contributed by atoms with Crippen LogP contribution in [0.15, 0.2) is 0 Å². The summed E-state index contributed by atoms with van der Waals surface area (Å²) in [6.07, 6.45) is 4.80. The fourth-order valence-electron chi connectivity index (χ4n) is 2.94. The van der Waals surface area contributed by atoms with Crippen molar-refractivity contribution in [3.63, 3.8) is 0 Å². The Bertz CT molecular complexity index is 304. The Labute approximate surface area is 115 Å². The van der Waals surface area contributed by atoms with Gasteiger partial charge in [-0.05, 0) is 25.7 Å². The molecule has 3 unspecified atom stereocenters. The largest absolute Gasteiger partial charge is 0.468 e. The lowest BCUT2D eigenvalue weighted by molar-refractivity contribution is -0.156. The second-order valence-corrected chi connectivity index (χ2v) is 5.44. The average molecular weight is 271 g/mol. The molecule has 3 atom stereocenters. The first-order valence-corrected chi connectivity index (χ1v) is 7.27. The molecule has 5 nitrogen and oxygen atoms in total. The lowest BCUT2D eigenvalue weighted by atomic mass is 9.85. The summed E-state index contributed by atoms with van der Waals surface area (Å²) >= 11 is 0. The summed E-state index contributed by atoms with van der Waals surface area (Å²) in [5, 5.41) is 3.41. The molecule has 0 aromatic carbocycles. The van der Waals surface area contributed by atoms with Gasteiger partial charge in [0.05, 0.1) is 19.3 Å². The van der Waals surface area contributed by atoms with Crippen LogP contribution in [0.1, 0.15) is 39.0 Å². The number of carbonyl (C=O) groups is 1. The van der Waals surface area contributed by atoms with Crippen LogP contribution in [0.3, 0.4) is 0 Å². The highest BCUT2D eigenvalue weighted by atomic mass is 16.5. The van der Waals surface area contributed by atoms with Gasteiger partial charge in [-0.1, -0.05) is 6.92 Å². The van der Waals surface area contributed by atoms with Gasteiger partial charge in [-0.2, -0.15) is 0 Å². The van der Waals surface area contributed by atoms with Crippen LogP contribution in [-0.2, 0) is 19.0 Å². The summed E-state index contributed by atoms with van der Waals surface area (Å²) in [6, 6.07) is 0. The van der Waals surface area contributed by atoms with E-state index in [4.69, 9.17) is 14.2 Å². The van der Waals surface area contributed by atoms with Crippen LogP contribution in [0.5, 0.6) is 0 Å². The van der Waals surface area contributed by atoms with Crippen molar-refractivity contribution in [2.75, 3.05) is 26.9 Å². The van der Waals surface area contributed by atoms with E-state index < -0.39 is 5.54 Å². The second kappa shape index (κ2) is 6.68. The standard InChI is InChI=1S/C14H25NO4/c1-3-11-9-14(6-8-19-11,13(16)17-2)15-10-12-5-4-7-18-12/h11-12,15H,3-10H2,1-2H3. The topological polar surface area (TPSA) is 56.8 Å². The van der Waals surface area contributed by atoms with E-state index in [-0.39, 0.29) is 18.2 Å². The molecule has 2 saturated heterocycles. The molecule has 110 valence electrons. The van der Waals surface area contributed by atoms with E-state index in [1.165, 1.54) is 7.11 Å². The van der Waals surface area contributed by atoms with Gasteiger partial charge in [-0.15, -0.1) is 0 Å². The smallest absolute Gasteiger partial charge is 0.326 e. The molecule has 2 heterocycles. The van der Waals surface area contributed by atoms with Gasteiger partial charge in [0.1, 0.15) is 5.54 Å². The Kier molecular flexibility index (Phi) is 5.19. The average Bonchev–Trinajstić information content (AvgIpc) is 2.97. The van der Waals surface area contributed by atoms with Gasteiger partial charge in [0.25, 0.3) is 0 Å². The lowest BCUT2D eigenvalue weighted by Crippen LogP contribution is -2.59. The van der Waals surface area contributed by atoms with Gasteiger partial charge in [-0.25, -0.2) is 0 Å². The summed E-state index contributed by atoms with van der Waals surface area (Å²) < 4.78 is 16.3. The number of ether oxygens (including phenoxy) is 3. The molecular formula is C14H25NO4. The predicted molar refractivity (Wildman–Crippen MR) is 71.0 cm³/mol. The third-order valence-corrected chi connectivity index (χ3v) is 4.18. The summed E-state index contributed by atoms with van der Waals surface area (Å²) in [7, 11) is 1.45. The molecule has 2 fully saturated rings. The number of carbonyl (C=O) groups excluding carboxylic acids is 1. The number of hydrogen-bond acceptors (Lipinski definition) is 5. The molecular weight excluding hydrogens is 246 g/mol. The van der Waals surface area contributed by atoms with Gasteiger partial charge in [0.15, 0.2) is 0 Å². The van der Waals surface area contributed by atoms with Gasteiger partial charge in [0, 0.05) is 26.2 Å². The van der Waals surface area contributed by atoms with Crippen molar-refractivity contribution in [2.45, 2.75) is 56.8 Å². The van der Waals surface area contributed by atoms with E-state index in [1.54, 1.807) is 0 Å². The van der Waals surface area contributed by atoms with Crippen LogP contribution < -0.4 is 5.32 Å². The van der Waals surface area contributed by atoms with Crippen molar-refractivity contribution < 1.29 is 19.0 Å². The number of methoxy groups -OCH3 is 1. The van der Waals surface area contributed by atoms with Crippen LogP contribution in [0.25, 0.3) is 0 Å². The van der Waals surface area contributed by atoms with E-state index in [2.05, 4.69) is 12.2 Å². The first-order valence-electron chi connectivity index (χ1n) is 7.27. The maximum atomic E-state index is 12.2. The van der Waals surface area contributed by atoms with Crippen LogP contribution in [-0.4, -0.2) is 50.6 Å². The highest BCUT2D eigenvalue weighted by Crippen LogP contribution is 2.28. The molecule has 0 spiro atoms. The summed E-state index contributed by atoms with van der Waals surface area (Å²) in [4.78, 5) is 12.2. The van der Waals surface area contributed by atoms with Crippen LogP contribution in [0.2, 0.25) is 0 Å². The maximum Gasteiger partial charge on any atom is 0.326 e. The molecule has 0 aliphatic carbocycles. The van der Waals surface area contributed by atoms with Gasteiger partial charge in [0.2, 0.25) is 0 Å². The maximum absolute atomic E-state index is 12.2. The molecule has 0 saturated carbocycles. The van der Waals surface area contributed by atoms with Gasteiger partial charge in [-0.3, -0.25) is 10.1 Å². The minimum atomic E-state index is -0.598. The van der Waals surface area contributed by atoms with Crippen molar-refractivity contribution in [3.05, 3.63) is 0 Å². The van der Waals surface area contributed by atoms with Crippen LogP contribution >= 0.6 is 0 Å². The summed E-state index contributed by atoms with van der Waals surface area (Å²) in [5.74, 6) is -0.174. The zero-order chi connectivity index (χ0) is 13.7. The Morgan fingerprint density at radius 3 is 2.79 bits per heavy atom. The van der Waals surface area contributed by atoms with E-state index in [0.717, 1.165) is 25.9 Å². The molecule has 0 amide bonds. The third kappa shape index (κ3) is 3.46. The first-order chi connectivity index (χ1) is 9.20. The third-order valence-electron chi connectivity index (χ3n) is 4.18. The first kappa shape index (κ1) is 14.8. The number of nitrogens with one attached hydrogen (secondary N) is 1. The van der Waals surface area contributed by atoms with Crippen LogP contribution in [0.4, 0.5) is 0 Å². The zero-order valence-corrected chi connectivity index (χ0v) is 11.9. The molecule has 19 heavy (non-hydrogen) atoms. The van der Waals surface area contributed by atoms with Gasteiger partial charge >= 0.3 is 5.97 Å². The minimum Gasteiger partial charge on any atom is -0.468 e. The van der Waals surface area contributed by atoms with Crippen LogP contribution in [0, 0.1) is 0 Å². The SMILES string of the molecule is CCC1CC(NCC2CCCO2)(C(=O)OC)CCO1. The molecule has 0 radical (unpaired) electrons. The van der Waals surface area contributed by atoms with Crippen molar-refractivity contribution in [2.24, 2.45) is 0 Å². The van der Waals surface area contributed by atoms with Crippen molar-refractivity contribution >= 4 is 5.97 Å². The van der Waals surface area contributed by atoms with Crippen molar-refractivity contribution in [1.82, 2.24) is 5.32 Å². The monoisotopic (exact) mass is 271 g/mol. The zero-order valence-electron chi connectivity index (χ0n) is 11.9. The normalized spacial score (nSPS) is 35.3. The predicted octanol–water partition coefficient (Wildman–Crippen LogP) is 1.26. The fourth-order valence-corrected chi connectivity index (χ4v) is 2.94. The molecule has 2 aliphatic heterocycles. The van der Waals surface area contributed by atoms with E-state index >= 15 is 0 Å². The highest BCUT2D eigenvalue weighted by molar-refractivity contribution is 5.81. The molecule has 2 aliphatic rings. The number of rotatable bonds is 5. The van der Waals surface area contributed by atoms with Crippen molar-refractivity contribution in [3.8, 4) is 0 Å². The Morgan fingerprint density at radius 2 is 2.16 bits per heavy atom. The molecule has 5 heteroatoms. The van der Waals surface area contributed by atoms with E-state index in [1.807, 2.05) is 0 Å². The van der Waals surface area contributed by atoms with E-state index in [0.29, 0.717) is 26.0 Å². The Balaban J connectivity index is 1.99. The minimum absolute atomic E-state index is 0.129. The van der Waals surface area contributed by atoms with E-state index in [9.17, 15) is 4.79 Å². The lowest BCUT2D eigenvalue weighted by Gasteiger charge is -2.39. The highest BCUT2D eigenvalue weighted by Gasteiger charge is 2.44. The Morgan fingerprint density at radius 1 is 1.37 bits per heavy atom. The second-order valence-electron chi connectivity index (χ2n) is 5.44. The Hall–Kier alpha value is -0.650. The molecule has 1 N–H and O–H groups in total.